The Kier molecular flexibility index (Phi) is 6.07. The highest BCUT2D eigenvalue weighted by atomic mass is 16.5. The number of anilines is 1. The average molecular weight is 434 g/mol. The number of aromatic nitrogens is 2. The van der Waals surface area contributed by atoms with Gasteiger partial charge in [0.25, 0.3) is 0 Å². The number of esters is 1. The zero-order valence-electron chi connectivity index (χ0n) is 19.6. The van der Waals surface area contributed by atoms with Crippen molar-refractivity contribution in [3.8, 4) is 6.07 Å². The second kappa shape index (κ2) is 8.79. The van der Waals surface area contributed by atoms with Crippen LogP contribution in [0.4, 0.5) is 5.82 Å². The summed E-state index contributed by atoms with van der Waals surface area (Å²) in [6.45, 7) is 6.40. The van der Waals surface area contributed by atoms with Gasteiger partial charge in [-0.2, -0.15) is 5.26 Å². The van der Waals surface area contributed by atoms with E-state index < -0.39 is 0 Å². The third kappa shape index (κ3) is 3.69. The van der Waals surface area contributed by atoms with Crippen molar-refractivity contribution in [2.75, 3.05) is 25.5 Å². The number of carbonyl (C=O) groups excluding carboxylic acids is 1. The van der Waals surface area contributed by atoms with Crippen molar-refractivity contribution in [2.45, 2.75) is 58.7 Å². The number of benzene rings is 1. The Hall–Kier alpha value is -3.11. The number of nitrogens with zero attached hydrogens (tertiary/aromatic N) is 5. The minimum absolute atomic E-state index is 0.246. The fraction of sp³-hybridized carbons (Fsp3) is 0.480. The predicted octanol–water partition coefficient (Wildman–Crippen LogP) is 4.04. The number of fused-ring (bicyclic) bond motifs is 3. The van der Waals surface area contributed by atoms with Crippen LogP contribution in [0.25, 0.3) is 16.7 Å². The lowest BCUT2D eigenvalue weighted by Gasteiger charge is -2.35. The molecular formula is C25H31N5O2. The quantitative estimate of drug-likeness (QED) is 0.546. The lowest BCUT2D eigenvalue weighted by Crippen LogP contribution is -2.42. The summed E-state index contributed by atoms with van der Waals surface area (Å²) in [7, 11) is 4.21. The topological polar surface area (TPSA) is 73.9 Å². The molecule has 2 atom stereocenters. The largest absolute Gasteiger partial charge is 0.462 e. The lowest BCUT2D eigenvalue weighted by atomic mass is 9.97. The van der Waals surface area contributed by atoms with Crippen LogP contribution in [0.3, 0.4) is 0 Å². The average Bonchev–Trinajstić information content (AvgIpc) is 3.38. The van der Waals surface area contributed by atoms with Crippen molar-refractivity contribution in [3.63, 3.8) is 0 Å². The molecule has 3 aromatic rings. The number of imidazole rings is 1. The Morgan fingerprint density at radius 3 is 2.78 bits per heavy atom. The highest BCUT2D eigenvalue weighted by Gasteiger charge is 2.33. The van der Waals surface area contributed by atoms with Gasteiger partial charge in [0, 0.05) is 25.5 Å². The number of pyridine rings is 1. The Morgan fingerprint density at radius 2 is 2.12 bits per heavy atom. The highest BCUT2D eigenvalue weighted by Crippen LogP contribution is 2.37. The summed E-state index contributed by atoms with van der Waals surface area (Å²) in [6, 6.07) is 10.4. The zero-order valence-corrected chi connectivity index (χ0v) is 19.6. The molecule has 0 N–H and O–H groups in total. The number of rotatable bonds is 6. The van der Waals surface area contributed by atoms with Crippen LogP contribution in [0.15, 0.2) is 24.3 Å². The number of hydrogen-bond donors (Lipinski definition) is 0. The van der Waals surface area contributed by atoms with Gasteiger partial charge < -0.3 is 9.64 Å². The van der Waals surface area contributed by atoms with E-state index in [2.05, 4.69) is 40.4 Å². The molecule has 4 rings (SSSR count). The summed E-state index contributed by atoms with van der Waals surface area (Å²) in [5.74, 6) is 0.782. The molecule has 1 aliphatic rings. The fourth-order valence-electron chi connectivity index (χ4n) is 4.97. The van der Waals surface area contributed by atoms with Crippen molar-refractivity contribution in [2.24, 2.45) is 0 Å². The monoisotopic (exact) mass is 433 g/mol. The smallest absolute Gasteiger partial charge is 0.302 e. The molecule has 0 saturated carbocycles. The Bertz CT molecular complexity index is 1210. The minimum atomic E-state index is -0.280. The van der Waals surface area contributed by atoms with Crippen LogP contribution < -0.4 is 4.90 Å². The number of carbonyl (C=O) groups is 1. The molecule has 7 nitrogen and oxygen atoms in total. The molecule has 2 aromatic heterocycles. The second-order valence-electron chi connectivity index (χ2n) is 8.80. The summed E-state index contributed by atoms with van der Waals surface area (Å²) in [5.41, 5.74) is 5.10. The number of para-hydroxylation sites is 2. The summed E-state index contributed by atoms with van der Waals surface area (Å²) in [6.07, 6.45) is 3.44. The van der Waals surface area contributed by atoms with Crippen molar-refractivity contribution in [3.05, 3.63) is 41.0 Å². The molecule has 32 heavy (non-hydrogen) atoms. The normalized spacial score (nSPS) is 17.3. The number of ether oxygens (including phenoxy) is 1. The molecule has 7 heteroatoms. The van der Waals surface area contributed by atoms with E-state index in [0.717, 1.165) is 47.4 Å². The van der Waals surface area contributed by atoms with Gasteiger partial charge in [-0.3, -0.25) is 14.1 Å². The summed E-state index contributed by atoms with van der Waals surface area (Å²) < 4.78 is 7.78. The van der Waals surface area contributed by atoms with Crippen LogP contribution in [0.1, 0.15) is 49.8 Å². The van der Waals surface area contributed by atoms with Gasteiger partial charge >= 0.3 is 5.97 Å². The first-order chi connectivity index (χ1) is 15.4. The molecule has 1 aliphatic heterocycles. The molecular weight excluding hydrogens is 402 g/mol. The Balaban J connectivity index is 2.06. The van der Waals surface area contributed by atoms with Crippen LogP contribution in [0.5, 0.6) is 0 Å². The molecule has 168 valence electrons. The molecule has 0 radical (unpaired) electrons. The van der Waals surface area contributed by atoms with E-state index >= 15 is 0 Å². The van der Waals surface area contributed by atoms with Crippen molar-refractivity contribution >= 4 is 28.5 Å². The molecule has 3 heterocycles. The second-order valence-corrected chi connectivity index (χ2v) is 8.80. The maximum atomic E-state index is 11.7. The van der Waals surface area contributed by atoms with E-state index in [9.17, 15) is 10.1 Å². The third-order valence-corrected chi connectivity index (χ3v) is 6.51. The van der Waals surface area contributed by atoms with E-state index in [1.165, 1.54) is 6.92 Å². The standard InChI is InChI=1S/C25H31N5O2/c1-6-18(32-17(3)31)14-19-16(2)20(15-26)24-27-21-10-7-8-11-22(21)30(24)25(19)29-13-9-12-23(29)28(4)5/h7-8,10-11,18,23H,6,9,12-14H2,1-5H3. The van der Waals surface area contributed by atoms with Crippen LogP contribution in [0, 0.1) is 18.3 Å². The molecule has 1 saturated heterocycles. The number of nitriles is 1. The van der Waals surface area contributed by atoms with Gasteiger partial charge in [-0.25, -0.2) is 4.98 Å². The maximum absolute atomic E-state index is 11.7. The van der Waals surface area contributed by atoms with Gasteiger partial charge in [0.2, 0.25) is 0 Å². The van der Waals surface area contributed by atoms with E-state index in [4.69, 9.17) is 9.72 Å². The molecule has 0 spiro atoms. The minimum Gasteiger partial charge on any atom is -0.462 e. The lowest BCUT2D eigenvalue weighted by molar-refractivity contribution is -0.146. The first-order valence-electron chi connectivity index (χ1n) is 11.3. The van der Waals surface area contributed by atoms with E-state index in [1.807, 2.05) is 32.0 Å². The molecule has 0 bridgehead atoms. The Labute approximate surface area is 189 Å². The van der Waals surface area contributed by atoms with Crippen LogP contribution in [0.2, 0.25) is 0 Å². The van der Waals surface area contributed by atoms with Crippen molar-refractivity contribution in [1.29, 1.82) is 5.26 Å². The van der Waals surface area contributed by atoms with Crippen molar-refractivity contribution < 1.29 is 9.53 Å². The van der Waals surface area contributed by atoms with Gasteiger partial charge in [0.1, 0.15) is 18.0 Å². The third-order valence-electron chi connectivity index (χ3n) is 6.51. The SMILES string of the molecule is CCC(Cc1c(C)c(C#N)c2nc3ccccc3n2c1N1CCCC1N(C)C)OC(C)=O. The van der Waals surface area contributed by atoms with E-state index in [1.54, 1.807) is 0 Å². The molecule has 1 aromatic carbocycles. The van der Waals surface area contributed by atoms with Gasteiger partial charge in [-0.15, -0.1) is 0 Å². The zero-order chi connectivity index (χ0) is 23.0. The van der Waals surface area contributed by atoms with Gasteiger partial charge in [0.15, 0.2) is 5.65 Å². The summed E-state index contributed by atoms with van der Waals surface area (Å²) in [5, 5.41) is 10.1. The van der Waals surface area contributed by atoms with Crippen molar-refractivity contribution in [1.82, 2.24) is 14.3 Å². The highest BCUT2D eigenvalue weighted by molar-refractivity contribution is 5.86. The van der Waals surface area contributed by atoms with E-state index in [0.29, 0.717) is 24.1 Å². The van der Waals surface area contributed by atoms with Gasteiger partial charge in [-0.1, -0.05) is 19.1 Å². The first-order valence-corrected chi connectivity index (χ1v) is 11.3. The summed E-state index contributed by atoms with van der Waals surface area (Å²) >= 11 is 0. The van der Waals surface area contributed by atoms with Gasteiger partial charge in [0.05, 0.1) is 22.8 Å². The number of hydrogen-bond acceptors (Lipinski definition) is 6. The Morgan fingerprint density at radius 1 is 1.38 bits per heavy atom. The molecule has 0 amide bonds. The molecule has 1 fully saturated rings. The van der Waals surface area contributed by atoms with E-state index in [-0.39, 0.29) is 18.2 Å². The predicted molar refractivity (Wildman–Crippen MR) is 126 cm³/mol. The molecule has 0 aliphatic carbocycles. The molecule has 2 unspecified atom stereocenters. The van der Waals surface area contributed by atoms with Crippen LogP contribution in [-0.4, -0.2) is 53.2 Å². The fourth-order valence-corrected chi connectivity index (χ4v) is 4.97. The van der Waals surface area contributed by atoms with Gasteiger partial charge in [-0.05, 0) is 58.0 Å². The van der Waals surface area contributed by atoms with Crippen LogP contribution in [-0.2, 0) is 16.0 Å². The summed E-state index contributed by atoms with van der Waals surface area (Å²) in [4.78, 5) is 21.3. The maximum Gasteiger partial charge on any atom is 0.302 e. The van der Waals surface area contributed by atoms with Crippen LogP contribution >= 0.6 is 0 Å². The first kappa shape index (κ1) is 22.1.